The first-order chi connectivity index (χ1) is 11.2. The van der Waals surface area contributed by atoms with Gasteiger partial charge in [-0.15, -0.1) is 0 Å². The zero-order valence-corrected chi connectivity index (χ0v) is 13.0. The van der Waals surface area contributed by atoms with Crippen LogP contribution < -0.4 is 4.90 Å². The lowest BCUT2D eigenvalue weighted by molar-refractivity contribution is 0.104. The molecule has 0 saturated carbocycles. The Kier molecular flexibility index (Phi) is 6.09. The van der Waals surface area contributed by atoms with Gasteiger partial charge in [0.15, 0.2) is 5.78 Å². The third-order valence-electron chi connectivity index (χ3n) is 3.64. The van der Waals surface area contributed by atoms with Crippen LogP contribution in [0.2, 0.25) is 0 Å². The SMILES string of the molecule is C=CC(=O)c1cccc(-c2ccc(N(CCO)CCO)cc2)c1. The van der Waals surface area contributed by atoms with Crippen LogP contribution in [0.3, 0.4) is 0 Å². The van der Waals surface area contributed by atoms with Gasteiger partial charge in [-0.05, 0) is 35.4 Å². The number of carbonyl (C=O) groups excluding carboxylic acids is 1. The van der Waals surface area contributed by atoms with Gasteiger partial charge in [0.25, 0.3) is 0 Å². The molecular weight excluding hydrogens is 290 g/mol. The Morgan fingerprint density at radius 3 is 2.22 bits per heavy atom. The van der Waals surface area contributed by atoms with Crippen molar-refractivity contribution in [2.24, 2.45) is 0 Å². The summed E-state index contributed by atoms with van der Waals surface area (Å²) < 4.78 is 0. The summed E-state index contributed by atoms with van der Waals surface area (Å²) in [5.41, 5.74) is 3.51. The normalized spacial score (nSPS) is 10.3. The zero-order valence-electron chi connectivity index (χ0n) is 13.0. The van der Waals surface area contributed by atoms with Crippen molar-refractivity contribution in [1.29, 1.82) is 0 Å². The van der Waals surface area contributed by atoms with Gasteiger partial charge in [0.05, 0.1) is 13.2 Å². The number of carbonyl (C=O) groups is 1. The first-order valence-corrected chi connectivity index (χ1v) is 7.53. The molecule has 0 amide bonds. The van der Waals surface area contributed by atoms with E-state index >= 15 is 0 Å². The summed E-state index contributed by atoms with van der Waals surface area (Å²) in [5.74, 6) is -0.0967. The zero-order chi connectivity index (χ0) is 16.7. The number of anilines is 1. The van der Waals surface area contributed by atoms with E-state index in [2.05, 4.69) is 6.58 Å². The Hall–Kier alpha value is -2.43. The Morgan fingerprint density at radius 1 is 1.00 bits per heavy atom. The molecule has 2 N–H and O–H groups in total. The highest BCUT2D eigenvalue weighted by atomic mass is 16.3. The predicted octanol–water partition coefficient (Wildman–Crippen LogP) is 2.51. The minimum Gasteiger partial charge on any atom is -0.395 e. The molecule has 0 aliphatic heterocycles. The van der Waals surface area contributed by atoms with E-state index in [4.69, 9.17) is 10.2 Å². The number of nitrogens with zero attached hydrogens (tertiary/aromatic N) is 1. The average molecular weight is 311 g/mol. The first-order valence-electron chi connectivity index (χ1n) is 7.53. The van der Waals surface area contributed by atoms with Crippen molar-refractivity contribution < 1.29 is 15.0 Å². The Labute approximate surface area is 136 Å². The summed E-state index contributed by atoms with van der Waals surface area (Å²) in [4.78, 5) is 13.6. The van der Waals surface area contributed by atoms with Crippen molar-refractivity contribution in [2.45, 2.75) is 0 Å². The fraction of sp³-hybridized carbons (Fsp3) is 0.211. The van der Waals surface area contributed by atoms with Crippen molar-refractivity contribution >= 4 is 11.5 Å². The van der Waals surface area contributed by atoms with Crippen molar-refractivity contribution in [3.8, 4) is 11.1 Å². The fourth-order valence-corrected chi connectivity index (χ4v) is 2.45. The summed E-state index contributed by atoms with van der Waals surface area (Å²) in [7, 11) is 0. The number of hydrogen-bond donors (Lipinski definition) is 2. The molecule has 0 spiro atoms. The maximum Gasteiger partial charge on any atom is 0.185 e. The van der Waals surface area contributed by atoms with Crippen LogP contribution in [0, 0.1) is 0 Å². The molecular formula is C19H21NO3. The number of benzene rings is 2. The monoisotopic (exact) mass is 311 g/mol. The van der Waals surface area contributed by atoms with Gasteiger partial charge in [-0.1, -0.05) is 36.9 Å². The summed E-state index contributed by atoms with van der Waals surface area (Å²) in [5, 5.41) is 18.2. The molecule has 120 valence electrons. The van der Waals surface area contributed by atoms with Crippen molar-refractivity contribution in [3.63, 3.8) is 0 Å². The van der Waals surface area contributed by atoms with Crippen LogP contribution in [-0.4, -0.2) is 42.3 Å². The molecule has 0 atom stereocenters. The van der Waals surface area contributed by atoms with E-state index in [0.717, 1.165) is 16.8 Å². The number of ketones is 1. The molecule has 0 aliphatic rings. The van der Waals surface area contributed by atoms with Gasteiger partial charge in [0.1, 0.15) is 0 Å². The Bertz CT molecular complexity index is 659. The number of rotatable bonds is 8. The second kappa shape index (κ2) is 8.27. The molecule has 0 aliphatic carbocycles. The molecule has 0 heterocycles. The maximum atomic E-state index is 11.7. The van der Waals surface area contributed by atoms with Gasteiger partial charge in [0.2, 0.25) is 0 Å². The quantitative estimate of drug-likeness (QED) is 0.581. The summed E-state index contributed by atoms with van der Waals surface area (Å²) in [6.07, 6.45) is 1.31. The molecule has 2 aromatic rings. The van der Waals surface area contributed by atoms with Gasteiger partial charge in [-0.2, -0.15) is 0 Å². The molecule has 0 fully saturated rings. The van der Waals surface area contributed by atoms with Gasteiger partial charge in [-0.25, -0.2) is 0 Å². The van der Waals surface area contributed by atoms with Crippen LogP contribution in [0.1, 0.15) is 10.4 Å². The lowest BCUT2D eigenvalue weighted by atomic mass is 10.0. The topological polar surface area (TPSA) is 60.8 Å². The van der Waals surface area contributed by atoms with Crippen molar-refractivity contribution in [3.05, 3.63) is 66.7 Å². The van der Waals surface area contributed by atoms with E-state index in [9.17, 15) is 4.79 Å². The minimum absolute atomic E-state index is 0.0352. The van der Waals surface area contributed by atoms with Crippen molar-refractivity contribution in [2.75, 3.05) is 31.2 Å². The first kappa shape index (κ1) is 16.9. The number of aliphatic hydroxyl groups excluding tert-OH is 2. The molecule has 0 unspecified atom stereocenters. The minimum atomic E-state index is -0.0967. The van der Waals surface area contributed by atoms with E-state index in [1.54, 1.807) is 6.07 Å². The summed E-state index contributed by atoms with van der Waals surface area (Å²) in [6, 6.07) is 15.2. The maximum absolute atomic E-state index is 11.7. The molecule has 0 bridgehead atoms. The van der Waals surface area contributed by atoms with Crippen LogP contribution in [0.25, 0.3) is 11.1 Å². The van der Waals surface area contributed by atoms with E-state index in [0.29, 0.717) is 18.7 Å². The largest absolute Gasteiger partial charge is 0.395 e. The second-order valence-corrected chi connectivity index (χ2v) is 5.13. The second-order valence-electron chi connectivity index (χ2n) is 5.13. The number of hydrogen-bond acceptors (Lipinski definition) is 4. The van der Waals surface area contributed by atoms with Crippen LogP contribution in [0.5, 0.6) is 0 Å². The van der Waals surface area contributed by atoms with E-state index in [1.807, 2.05) is 47.4 Å². The molecule has 4 heteroatoms. The highest BCUT2D eigenvalue weighted by Gasteiger charge is 2.07. The lowest BCUT2D eigenvalue weighted by Crippen LogP contribution is -2.29. The third kappa shape index (κ3) is 4.28. The summed E-state index contributed by atoms with van der Waals surface area (Å²) >= 11 is 0. The smallest absolute Gasteiger partial charge is 0.185 e. The molecule has 2 aromatic carbocycles. The van der Waals surface area contributed by atoms with E-state index < -0.39 is 0 Å². The lowest BCUT2D eigenvalue weighted by Gasteiger charge is -2.23. The van der Waals surface area contributed by atoms with Crippen LogP contribution in [-0.2, 0) is 0 Å². The van der Waals surface area contributed by atoms with E-state index in [1.165, 1.54) is 6.08 Å². The molecule has 0 saturated heterocycles. The molecule has 0 radical (unpaired) electrons. The summed E-state index contributed by atoms with van der Waals surface area (Å²) in [6.45, 7) is 4.53. The molecule has 2 rings (SSSR count). The standard InChI is InChI=1S/C19H21NO3/c1-2-19(23)17-5-3-4-16(14-17)15-6-8-18(9-7-15)20(10-12-21)11-13-22/h2-9,14,21-22H,1,10-13H2. The number of allylic oxidation sites excluding steroid dienone is 1. The van der Waals surface area contributed by atoms with Gasteiger partial charge >= 0.3 is 0 Å². The van der Waals surface area contributed by atoms with Gasteiger partial charge < -0.3 is 15.1 Å². The van der Waals surface area contributed by atoms with E-state index in [-0.39, 0.29) is 19.0 Å². The Balaban J connectivity index is 2.25. The molecule has 23 heavy (non-hydrogen) atoms. The average Bonchev–Trinajstić information content (AvgIpc) is 2.61. The van der Waals surface area contributed by atoms with Crippen LogP contribution in [0.15, 0.2) is 61.2 Å². The Morgan fingerprint density at radius 2 is 1.65 bits per heavy atom. The van der Waals surface area contributed by atoms with Gasteiger partial charge in [0, 0.05) is 24.3 Å². The fourth-order valence-electron chi connectivity index (χ4n) is 2.45. The van der Waals surface area contributed by atoms with Crippen molar-refractivity contribution in [1.82, 2.24) is 0 Å². The molecule has 0 aromatic heterocycles. The number of aliphatic hydroxyl groups is 2. The highest BCUT2D eigenvalue weighted by Crippen LogP contribution is 2.24. The van der Waals surface area contributed by atoms with Gasteiger partial charge in [-0.3, -0.25) is 4.79 Å². The van der Waals surface area contributed by atoms with Crippen LogP contribution >= 0.6 is 0 Å². The van der Waals surface area contributed by atoms with Crippen LogP contribution in [0.4, 0.5) is 5.69 Å². The predicted molar refractivity (Wildman–Crippen MR) is 92.8 cm³/mol. The third-order valence-corrected chi connectivity index (χ3v) is 3.64. The highest BCUT2D eigenvalue weighted by molar-refractivity contribution is 6.04. The molecule has 4 nitrogen and oxygen atoms in total.